The molecule has 1 aliphatic rings. The Morgan fingerprint density at radius 1 is 1.37 bits per heavy atom. The SMILES string of the molecule is C[C@@H]1CCC[C@H](C)N1C(=O)c1cccc(F)c1NN. The van der Waals surface area contributed by atoms with E-state index in [4.69, 9.17) is 5.84 Å². The standard InChI is InChI=1S/C14H20FN3O/c1-9-5-3-6-10(2)18(9)14(19)11-7-4-8-12(15)13(11)17-16/h4,7-10,17H,3,5-6,16H2,1-2H3/t9-,10+. The van der Waals surface area contributed by atoms with E-state index in [2.05, 4.69) is 5.43 Å². The second-order valence-electron chi connectivity index (χ2n) is 5.15. The van der Waals surface area contributed by atoms with E-state index < -0.39 is 5.82 Å². The van der Waals surface area contributed by atoms with Crippen LogP contribution in [0.1, 0.15) is 43.5 Å². The first-order valence-electron chi connectivity index (χ1n) is 6.64. The van der Waals surface area contributed by atoms with Gasteiger partial charge in [-0.25, -0.2) is 4.39 Å². The second-order valence-corrected chi connectivity index (χ2v) is 5.15. The first kappa shape index (κ1) is 13.8. The molecule has 3 N–H and O–H groups in total. The highest BCUT2D eigenvalue weighted by Gasteiger charge is 2.31. The maximum atomic E-state index is 13.7. The van der Waals surface area contributed by atoms with Gasteiger partial charge < -0.3 is 10.3 Å². The monoisotopic (exact) mass is 265 g/mol. The van der Waals surface area contributed by atoms with Crippen molar-refractivity contribution in [3.63, 3.8) is 0 Å². The van der Waals surface area contributed by atoms with Gasteiger partial charge in [0.25, 0.3) is 5.91 Å². The Bertz CT molecular complexity index is 468. The Morgan fingerprint density at radius 2 is 2.00 bits per heavy atom. The summed E-state index contributed by atoms with van der Waals surface area (Å²) in [7, 11) is 0. The first-order valence-corrected chi connectivity index (χ1v) is 6.64. The summed E-state index contributed by atoms with van der Waals surface area (Å²) in [5.74, 6) is 4.66. The largest absolute Gasteiger partial charge is 0.333 e. The lowest BCUT2D eigenvalue weighted by atomic mass is 9.96. The number of carbonyl (C=O) groups is 1. The van der Waals surface area contributed by atoms with Gasteiger partial charge in [0.15, 0.2) is 0 Å². The van der Waals surface area contributed by atoms with Gasteiger partial charge in [0.1, 0.15) is 5.82 Å². The predicted octanol–water partition coefficient (Wildman–Crippen LogP) is 2.51. The molecule has 104 valence electrons. The molecule has 19 heavy (non-hydrogen) atoms. The number of rotatable bonds is 2. The zero-order chi connectivity index (χ0) is 14.0. The average molecular weight is 265 g/mol. The summed E-state index contributed by atoms with van der Waals surface area (Å²) in [6.07, 6.45) is 3.09. The predicted molar refractivity (Wildman–Crippen MR) is 73.2 cm³/mol. The molecule has 0 radical (unpaired) electrons. The Labute approximate surface area is 112 Å². The van der Waals surface area contributed by atoms with E-state index >= 15 is 0 Å². The van der Waals surface area contributed by atoms with E-state index in [9.17, 15) is 9.18 Å². The van der Waals surface area contributed by atoms with Gasteiger partial charge in [-0.2, -0.15) is 0 Å². The Morgan fingerprint density at radius 3 is 2.58 bits per heavy atom. The number of hydrazine groups is 1. The number of nitrogens with two attached hydrogens (primary N) is 1. The summed E-state index contributed by atoms with van der Waals surface area (Å²) in [5.41, 5.74) is 2.65. The molecule has 4 nitrogen and oxygen atoms in total. The zero-order valence-electron chi connectivity index (χ0n) is 11.3. The summed E-state index contributed by atoms with van der Waals surface area (Å²) in [4.78, 5) is 14.4. The van der Waals surface area contributed by atoms with E-state index in [0.717, 1.165) is 19.3 Å². The molecule has 1 heterocycles. The molecule has 0 saturated carbocycles. The van der Waals surface area contributed by atoms with Crippen molar-refractivity contribution in [1.82, 2.24) is 4.90 Å². The van der Waals surface area contributed by atoms with Crippen molar-refractivity contribution in [3.8, 4) is 0 Å². The van der Waals surface area contributed by atoms with Crippen LogP contribution in [0.4, 0.5) is 10.1 Å². The molecular weight excluding hydrogens is 245 g/mol. The van der Waals surface area contributed by atoms with Gasteiger partial charge >= 0.3 is 0 Å². The fourth-order valence-corrected chi connectivity index (χ4v) is 2.81. The summed E-state index contributed by atoms with van der Waals surface area (Å²) < 4.78 is 13.7. The zero-order valence-corrected chi connectivity index (χ0v) is 11.3. The van der Waals surface area contributed by atoms with E-state index in [-0.39, 0.29) is 23.7 Å². The molecule has 1 aliphatic heterocycles. The van der Waals surface area contributed by atoms with Gasteiger partial charge in [0, 0.05) is 12.1 Å². The number of para-hydroxylation sites is 1. The number of amides is 1. The number of piperidine rings is 1. The maximum Gasteiger partial charge on any atom is 0.256 e. The van der Waals surface area contributed by atoms with Gasteiger partial charge in [-0.3, -0.25) is 10.6 Å². The highest BCUT2D eigenvalue weighted by Crippen LogP contribution is 2.27. The lowest BCUT2D eigenvalue weighted by molar-refractivity contribution is 0.0511. The van der Waals surface area contributed by atoms with E-state index in [0.29, 0.717) is 5.56 Å². The Kier molecular flexibility index (Phi) is 4.04. The van der Waals surface area contributed by atoms with Crippen molar-refractivity contribution < 1.29 is 9.18 Å². The first-order chi connectivity index (χ1) is 9.06. The molecule has 1 fully saturated rings. The average Bonchev–Trinajstić information content (AvgIpc) is 2.38. The van der Waals surface area contributed by atoms with Crippen molar-refractivity contribution >= 4 is 11.6 Å². The van der Waals surface area contributed by atoms with Crippen LogP contribution in [-0.2, 0) is 0 Å². The fourth-order valence-electron chi connectivity index (χ4n) is 2.81. The number of anilines is 1. The highest BCUT2D eigenvalue weighted by atomic mass is 19.1. The van der Waals surface area contributed by atoms with Gasteiger partial charge in [0.05, 0.1) is 11.3 Å². The van der Waals surface area contributed by atoms with Gasteiger partial charge in [-0.15, -0.1) is 0 Å². The molecule has 2 atom stereocenters. The minimum absolute atomic E-state index is 0.0671. The van der Waals surface area contributed by atoms with Gasteiger partial charge in [-0.1, -0.05) is 6.07 Å². The minimum Gasteiger partial charge on any atom is -0.333 e. The van der Waals surface area contributed by atoms with E-state index in [1.807, 2.05) is 18.7 Å². The highest BCUT2D eigenvalue weighted by molar-refractivity contribution is 6.00. The van der Waals surface area contributed by atoms with Crippen LogP contribution in [0, 0.1) is 5.82 Å². The van der Waals surface area contributed by atoms with Crippen LogP contribution >= 0.6 is 0 Å². The van der Waals surface area contributed by atoms with Crippen molar-refractivity contribution in [2.75, 3.05) is 5.43 Å². The van der Waals surface area contributed by atoms with E-state index in [1.54, 1.807) is 6.07 Å². The van der Waals surface area contributed by atoms with Gasteiger partial charge in [0.2, 0.25) is 0 Å². The third-order valence-corrected chi connectivity index (χ3v) is 3.82. The smallest absolute Gasteiger partial charge is 0.256 e. The summed E-state index contributed by atoms with van der Waals surface area (Å²) in [5, 5.41) is 0. The van der Waals surface area contributed by atoms with Crippen molar-refractivity contribution in [1.29, 1.82) is 0 Å². The summed E-state index contributed by atoms with van der Waals surface area (Å²) >= 11 is 0. The third kappa shape index (κ3) is 2.56. The summed E-state index contributed by atoms with van der Waals surface area (Å²) in [6.45, 7) is 4.06. The summed E-state index contributed by atoms with van der Waals surface area (Å²) in [6, 6.07) is 4.77. The van der Waals surface area contributed by atoms with Crippen LogP contribution in [0.15, 0.2) is 18.2 Å². The number of nitrogens with zero attached hydrogens (tertiary/aromatic N) is 1. The van der Waals surface area contributed by atoms with Crippen LogP contribution in [-0.4, -0.2) is 22.9 Å². The van der Waals surface area contributed by atoms with Gasteiger partial charge in [-0.05, 0) is 45.2 Å². The van der Waals surface area contributed by atoms with Crippen molar-refractivity contribution in [2.24, 2.45) is 5.84 Å². The van der Waals surface area contributed by atoms with Crippen LogP contribution in [0.5, 0.6) is 0 Å². The molecule has 0 bridgehead atoms. The van der Waals surface area contributed by atoms with Crippen LogP contribution in [0.25, 0.3) is 0 Å². The molecule has 5 heteroatoms. The lowest BCUT2D eigenvalue weighted by Crippen LogP contribution is -2.47. The lowest BCUT2D eigenvalue weighted by Gasteiger charge is -2.39. The maximum absolute atomic E-state index is 13.7. The number of nitrogens with one attached hydrogen (secondary N) is 1. The van der Waals surface area contributed by atoms with Crippen molar-refractivity contribution in [2.45, 2.75) is 45.2 Å². The molecular formula is C14H20FN3O. The molecule has 0 aliphatic carbocycles. The molecule has 2 rings (SSSR count). The number of nitrogen functional groups attached to an aromatic ring is 1. The van der Waals surface area contributed by atoms with Crippen LogP contribution in [0.3, 0.4) is 0 Å². The topological polar surface area (TPSA) is 58.4 Å². The molecule has 1 aromatic rings. The fraction of sp³-hybridized carbons (Fsp3) is 0.500. The minimum atomic E-state index is -0.509. The number of halogens is 1. The number of likely N-dealkylation sites (tertiary alicyclic amines) is 1. The van der Waals surface area contributed by atoms with Crippen LogP contribution in [0.2, 0.25) is 0 Å². The number of hydrogen-bond donors (Lipinski definition) is 2. The molecule has 1 aromatic carbocycles. The Balaban J connectivity index is 2.36. The normalized spacial score (nSPS) is 23.3. The molecule has 0 unspecified atom stereocenters. The number of carbonyl (C=O) groups excluding carboxylic acids is 1. The van der Waals surface area contributed by atoms with Crippen molar-refractivity contribution in [3.05, 3.63) is 29.6 Å². The molecule has 0 spiro atoms. The third-order valence-electron chi connectivity index (χ3n) is 3.82. The molecule has 0 aromatic heterocycles. The molecule has 1 saturated heterocycles. The quantitative estimate of drug-likeness (QED) is 0.638. The second kappa shape index (κ2) is 5.57. The molecule has 1 amide bonds. The van der Waals surface area contributed by atoms with E-state index in [1.165, 1.54) is 12.1 Å². The Hall–Kier alpha value is -1.62. The number of hydrogen-bond acceptors (Lipinski definition) is 3. The number of benzene rings is 1. The van der Waals surface area contributed by atoms with Crippen LogP contribution < -0.4 is 11.3 Å².